The van der Waals surface area contributed by atoms with Crippen molar-refractivity contribution < 1.29 is 5.11 Å². The van der Waals surface area contributed by atoms with Crippen LogP contribution in [-0.2, 0) is 0 Å². The zero-order valence-electron chi connectivity index (χ0n) is 17.7. The minimum absolute atomic E-state index is 0.287. The van der Waals surface area contributed by atoms with Crippen molar-refractivity contribution >= 4 is 32.8 Å². The van der Waals surface area contributed by atoms with Crippen molar-refractivity contribution in [1.82, 2.24) is 14.5 Å². The number of aromatic nitrogens is 3. The molecule has 0 spiro atoms. The van der Waals surface area contributed by atoms with Crippen molar-refractivity contribution in [3.8, 4) is 5.69 Å². The molecule has 1 aliphatic rings. The molecule has 29 heavy (non-hydrogen) atoms. The molecular formula is C23H29BrN4O. The summed E-state index contributed by atoms with van der Waals surface area (Å²) in [6.45, 7) is 10.7. The first-order valence-electron chi connectivity index (χ1n) is 10.4. The van der Waals surface area contributed by atoms with Gasteiger partial charge in [0, 0.05) is 30.4 Å². The molecule has 1 aliphatic heterocycles. The molecule has 0 amide bonds. The minimum Gasteiger partial charge on any atom is -0.396 e. The molecule has 3 aromatic rings. The summed E-state index contributed by atoms with van der Waals surface area (Å²) in [7, 11) is 0. The maximum absolute atomic E-state index is 9.25. The van der Waals surface area contributed by atoms with Gasteiger partial charge in [-0.1, -0.05) is 15.9 Å². The van der Waals surface area contributed by atoms with Gasteiger partial charge in [-0.15, -0.1) is 0 Å². The molecule has 5 nitrogen and oxygen atoms in total. The highest BCUT2D eigenvalue weighted by atomic mass is 79.9. The Morgan fingerprint density at radius 3 is 2.31 bits per heavy atom. The molecule has 0 saturated carbocycles. The van der Waals surface area contributed by atoms with E-state index in [0.717, 1.165) is 59.5 Å². The number of fused-ring (bicyclic) bond motifs is 1. The van der Waals surface area contributed by atoms with Gasteiger partial charge in [0.15, 0.2) is 5.65 Å². The first-order chi connectivity index (χ1) is 13.9. The van der Waals surface area contributed by atoms with E-state index in [2.05, 4.69) is 64.5 Å². The topological polar surface area (TPSA) is 54.2 Å². The molecule has 0 radical (unpaired) electrons. The number of aryl methyl sites for hydroxylation is 4. The minimum atomic E-state index is 0.287. The maximum Gasteiger partial charge on any atom is 0.150 e. The van der Waals surface area contributed by atoms with E-state index >= 15 is 0 Å². The number of rotatable bonds is 4. The Bertz CT molecular complexity index is 1030. The molecule has 0 atom stereocenters. The van der Waals surface area contributed by atoms with Gasteiger partial charge in [-0.05, 0) is 81.7 Å². The number of hydrogen-bond donors (Lipinski definition) is 1. The fraction of sp³-hybridized carbons (Fsp3) is 0.478. The monoisotopic (exact) mass is 456 g/mol. The largest absolute Gasteiger partial charge is 0.396 e. The van der Waals surface area contributed by atoms with E-state index in [1.54, 1.807) is 0 Å². The Labute approximate surface area is 180 Å². The molecule has 0 unspecified atom stereocenters. The predicted molar refractivity (Wildman–Crippen MR) is 122 cm³/mol. The van der Waals surface area contributed by atoms with Crippen LogP contribution in [0.2, 0.25) is 0 Å². The molecule has 2 aromatic heterocycles. The fourth-order valence-corrected chi connectivity index (χ4v) is 5.37. The lowest BCUT2D eigenvalue weighted by molar-refractivity contribution is 0.240. The Morgan fingerprint density at radius 1 is 1.03 bits per heavy atom. The molecule has 6 heteroatoms. The molecular weight excluding hydrogens is 428 g/mol. The van der Waals surface area contributed by atoms with E-state index in [4.69, 9.17) is 9.97 Å². The summed E-state index contributed by atoms with van der Waals surface area (Å²) in [5.74, 6) is 2.48. The van der Waals surface area contributed by atoms with Gasteiger partial charge in [-0.2, -0.15) is 0 Å². The van der Waals surface area contributed by atoms with E-state index in [9.17, 15) is 5.11 Å². The smallest absolute Gasteiger partial charge is 0.150 e. The third kappa shape index (κ3) is 3.80. The first-order valence-corrected chi connectivity index (χ1v) is 11.2. The molecule has 154 valence electrons. The number of halogens is 1. The van der Waals surface area contributed by atoms with Crippen LogP contribution in [0.3, 0.4) is 0 Å². The summed E-state index contributed by atoms with van der Waals surface area (Å²) in [5.41, 5.74) is 5.81. The highest BCUT2D eigenvalue weighted by Crippen LogP contribution is 2.35. The van der Waals surface area contributed by atoms with E-state index < -0.39 is 0 Å². The van der Waals surface area contributed by atoms with Crippen LogP contribution in [0.4, 0.5) is 5.82 Å². The second-order valence-corrected chi connectivity index (χ2v) is 9.22. The highest BCUT2D eigenvalue weighted by Gasteiger charge is 2.24. The van der Waals surface area contributed by atoms with Crippen LogP contribution in [0.1, 0.15) is 41.8 Å². The number of benzene rings is 1. The Kier molecular flexibility index (Phi) is 5.67. The van der Waals surface area contributed by atoms with Gasteiger partial charge in [0.05, 0.1) is 11.1 Å². The zero-order valence-corrected chi connectivity index (χ0v) is 19.3. The Balaban J connectivity index is 1.82. The number of aliphatic hydroxyl groups is 1. The summed E-state index contributed by atoms with van der Waals surface area (Å²) >= 11 is 3.61. The van der Waals surface area contributed by atoms with Crippen LogP contribution in [0.15, 0.2) is 22.8 Å². The zero-order chi connectivity index (χ0) is 20.7. The van der Waals surface area contributed by atoms with Crippen molar-refractivity contribution in [3.05, 3.63) is 45.3 Å². The van der Waals surface area contributed by atoms with Gasteiger partial charge < -0.3 is 14.6 Å². The number of aliphatic hydroxyl groups excluding tert-OH is 1. The number of piperidine rings is 1. The van der Waals surface area contributed by atoms with Gasteiger partial charge in [-0.3, -0.25) is 0 Å². The predicted octanol–water partition coefficient (Wildman–Crippen LogP) is 5.02. The van der Waals surface area contributed by atoms with Crippen molar-refractivity contribution in [2.24, 2.45) is 5.92 Å². The van der Waals surface area contributed by atoms with Crippen LogP contribution in [-0.4, -0.2) is 39.3 Å². The van der Waals surface area contributed by atoms with Gasteiger partial charge in [0.1, 0.15) is 11.6 Å². The molecule has 0 bridgehead atoms. The van der Waals surface area contributed by atoms with Crippen LogP contribution < -0.4 is 4.90 Å². The van der Waals surface area contributed by atoms with E-state index in [0.29, 0.717) is 5.92 Å². The van der Waals surface area contributed by atoms with Crippen molar-refractivity contribution in [1.29, 1.82) is 0 Å². The van der Waals surface area contributed by atoms with Crippen LogP contribution in [0.5, 0.6) is 0 Å². The van der Waals surface area contributed by atoms with E-state index in [1.807, 2.05) is 6.92 Å². The quantitative estimate of drug-likeness (QED) is 0.598. The van der Waals surface area contributed by atoms with Gasteiger partial charge in [0.2, 0.25) is 0 Å². The molecule has 0 aliphatic carbocycles. The number of nitrogens with zero attached hydrogens (tertiary/aromatic N) is 4. The second kappa shape index (κ2) is 8.07. The summed E-state index contributed by atoms with van der Waals surface area (Å²) in [6.07, 6.45) is 5.32. The molecule has 3 heterocycles. The lowest BCUT2D eigenvalue weighted by atomic mass is 9.94. The summed E-state index contributed by atoms with van der Waals surface area (Å²) in [6, 6.07) is 4.31. The summed E-state index contributed by atoms with van der Waals surface area (Å²) < 4.78 is 3.33. The Hall–Kier alpha value is -1.92. The first kappa shape index (κ1) is 20.4. The third-order valence-electron chi connectivity index (χ3n) is 6.08. The average Bonchev–Trinajstić information content (AvgIpc) is 2.97. The highest BCUT2D eigenvalue weighted by molar-refractivity contribution is 9.10. The van der Waals surface area contributed by atoms with Crippen molar-refractivity contribution in [2.45, 2.75) is 47.0 Å². The molecule has 1 aromatic carbocycles. The van der Waals surface area contributed by atoms with E-state index in [1.165, 1.54) is 22.4 Å². The standard InChI is InChI=1S/C23H29BrN4O/c1-14-11-19(24)12-15(2)21(14)28-13-16(3)20-22(25-17(4)26-23(20)28)27-8-5-18(6-9-27)7-10-29/h11-13,18,29H,5-10H2,1-4H3. The molecule has 1 saturated heterocycles. The SMILES string of the molecule is Cc1nc(N2CCC(CCO)CC2)c2c(C)cn(-c3c(C)cc(Br)cc3C)c2n1. The molecule has 4 rings (SSSR count). The molecule has 1 N–H and O–H groups in total. The number of anilines is 1. The van der Waals surface area contributed by atoms with Gasteiger partial charge in [-0.25, -0.2) is 9.97 Å². The fourth-order valence-electron chi connectivity index (χ4n) is 4.69. The van der Waals surface area contributed by atoms with Crippen molar-refractivity contribution in [3.63, 3.8) is 0 Å². The average molecular weight is 457 g/mol. The third-order valence-corrected chi connectivity index (χ3v) is 6.53. The maximum atomic E-state index is 9.25. The normalized spacial score (nSPS) is 15.4. The van der Waals surface area contributed by atoms with Crippen LogP contribution in [0.25, 0.3) is 16.7 Å². The summed E-state index contributed by atoms with van der Waals surface area (Å²) in [5, 5.41) is 10.4. The van der Waals surface area contributed by atoms with Crippen molar-refractivity contribution in [2.75, 3.05) is 24.6 Å². The van der Waals surface area contributed by atoms with Gasteiger partial charge in [0.25, 0.3) is 0 Å². The lowest BCUT2D eigenvalue weighted by Crippen LogP contribution is -2.34. The van der Waals surface area contributed by atoms with Crippen LogP contribution in [0, 0.1) is 33.6 Å². The Morgan fingerprint density at radius 2 is 1.69 bits per heavy atom. The molecule has 1 fully saturated rings. The van der Waals surface area contributed by atoms with Crippen LogP contribution >= 0.6 is 15.9 Å². The number of hydrogen-bond acceptors (Lipinski definition) is 4. The van der Waals surface area contributed by atoms with Gasteiger partial charge >= 0.3 is 0 Å². The second-order valence-electron chi connectivity index (χ2n) is 8.31. The lowest BCUT2D eigenvalue weighted by Gasteiger charge is -2.33. The van der Waals surface area contributed by atoms with E-state index in [-0.39, 0.29) is 6.61 Å². The summed E-state index contributed by atoms with van der Waals surface area (Å²) in [4.78, 5) is 12.1.